The minimum absolute atomic E-state index is 0.126. The Kier molecular flexibility index (Phi) is 2.18. The molecule has 16 heavy (non-hydrogen) atoms. The average molecular weight is 227 g/mol. The van der Waals surface area contributed by atoms with E-state index in [0.29, 0.717) is 0 Å². The number of ketones is 1. The SMILES string of the molecule is O=C(c1ccccc1)C1C=Nc2sccc21. The van der Waals surface area contributed by atoms with Crippen LogP contribution in [0.15, 0.2) is 46.8 Å². The summed E-state index contributed by atoms with van der Waals surface area (Å²) in [6.45, 7) is 0. The lowest BCUT2D eigenvalue weighted by Gasteiger charge is -2.05. The standard InChI is InChI=1S/C13H9NOS/c15-12(9-4-2-1-3-5-9)11-8-14-13-10(11)6-7-16-13/h1-8,11H. The zero-order chi connectivity index (χ0) is 11.0. The summed E-state index contributed by atoms with van der Waals surface area (Å²) in [5.74, 6) is -0.0647. The molecule has 1 atom stereocenters. The van der Waals surface area contributed by atoms with Crippen molar-refractivity contribution in [3.63, 3.8) is 0 Å². The minimum Gasteiger partial charge on any atom is -0.293 e. The lowest BCUT2D eigenvalue weighted by molar-refractivity contribution is 0.0985. The maximum Gasteiger partial charge on any atom is 0.175 e. The third-order valence-electron chi connectivity index (χ3n) is 2.69. The highest BCUT2D eigenvalue weighted by Crippen LogP contribution is 2.38. The third kappa shape index (κ3) is 1.41. The van der Waals surface area contributed by atoms with Crippen LogP contribution in [0.2, 0.25) is 0 Å². The van der Waals surface area contributed by atoms with E-state index in [1.165, 1.54) is 0 Å². The number of hydrogen-bond acceptors (Lipinski definition) is 3. The maximum atomic E-state index is 12.2. The molecule has 0 radical (unpaired) electrons. The first-order chi connectivity index (χ1) is 7.86. The summed E-state index contributed by atoms with van der Waals surface area (Å²) in [5.41, 5.74) is 1.79. The molecule has 78 valence electrons. The average Bonchev–Trinajstić information content (AvgIpc) is 2.91. The summed E-state index contributed by atoms with van der Waals surface area (Å²) < 4.78 is 0. The van der Waals surface area contributed by atoms with Gasteiger partial charge in [0.15, 0.2) is 5.78 Å². The van der Waals surface area contributed by atoms with Crippen LogP contribution in [0.4, 0.5) is 5.00 Å². The van der Waals surface area contributed by atoms with Crippen molar-refractivity contribution in [2.75, 3.05) is 0 Å². The van der Waals surface area contributed by atoms with Crippen molar-refractivity contribution in [2.24, 2.45) is 4.99 Å². The molecule has 0 amide bonds. The smallest absolute Gasteiger partial charge is 0.175 e. The van der Waals surface area contributed by atoms with E-state index in [1.54, 1.807) is 17.6 Å². The van der Waals surface area contributed by atoms with Crippen LogP contribution in [0.5, 0.6) is 0 Å². The Morgan fingerprint density at radius 3 is 2.81 bits per heavy atom. The molecular formula is C13H9NOS. The molecule has 2 nitrogen and oxygen atoms in total. The second kappa shape index (κ2) is 3.68. The second-order valence-electron chi connectivity index (χ2n) is 3.67. The molecule has 0 spiro atoms. The quantitative estimate of drug-likeness (QED) is 0.723. The number of aliphatic imine (C=N–C) groups is 1. The van der Waals surface area contributed by atoms with Crippen molar-refractivity contribution < 1.29 is 4.79 Å². The van der Waals surface area contributed by atoms with Gasteiger partial charge < -0.3 is 0 Å². The molecule has 3 heteroatoms. The Hall–Kier alpha value is -1.74. The van der Waals surface area contributed by atoms with E-state index in [9.17, 15) is 4.79 Å². The van der Waals surface area contributed by atoms with Gasteiger partial charge in [0.2, 0.25) is 0 Å². The van der Waals surface area contributed by atoms with E-state index in [4.69, 9.17) is 0 Å². The fourth-order valence-electron chi connectivity index (χ4n) is 1.87. The monoisotopic (exact) mass is 227 g/mol. The number of fused-ring (bicyclic) bond motifs is 1. The lowest BCUT2D eigenvalue weighted by atomic mass is 9.94. The number of nitrogens with zero attached hydrogens (tertiary/aromatic N) is 1. The minimum atomic E-state index is -0.191. The highest BCUT2D eigenvalue weighted by Gasteiger charge is 2.27. The molecule has 1 aliphatic rings. The number of rotatable bonds is 2. The topological polar surface area (TPSA) is 29.4 Å². The van der Waals surface area contributed by atoms with Gasteiger partial charge in [-0.05, 0) is 11.4 Å². The highest BCUT2D eigenvalue weighted by molar-refractivity contribution is 7.14. The first kappa shape index (κ1) is 9.48. The van der Waals surface area contributed by atoms with E-state index < -0.39 is 0 Å². The van der Waals surface area contributed by atoms with Crippen molar-refractivity contribution in [1.82, 2.24) is 0 Å². The fourth-order valence-corrected chi connectivity index (χ4v) is 2.66. The van der Waals surface area contributed by atoms with Crippen LogP contribution < -0.4 is 0 Å². The predicted molar refractivity (Wildman–Crippen MR) is 66.0 cm³/mol. The molecular weight excluding hydrogens is 218 g/mol. The number of carbonyl (C=O) groups excluding carboxylic acids is 1. The van der Waals surface area contributed by atoms with Gasteiger partial charge in [-0.2, -0.15) is 0 Å². The van der Waals surface area contributed by atoms with Crippen molar-refractivity contribution in [3.8, 4) is 0 Å². The predicted octanol–water partition coefficient (Wildman–Crippen LogP) is 3.43. The summed E-state index contributed by atoms with van der Waals surface area (Å²) in [6.07, 6.45) is 1.75. The summed E-state index contributed by atoms with van der Waals surface area (Å²) >= 11 is 1.58. The molecule has 1 aliphatic heterocycles. The number of thiophene rings is 1. The van der Waals surface area contributed by atoms with Crippen LogP contribution >= 0.6 is 11.3 Å². The Morgan fingerprint density at radius 1 is 1.19 bits per heavy atom. The van der Waals surface area contributed by atoms with Crippen LogP contribution in [-0.2, 0) is 0 Å². The fraction of sp³-hybridized carbons (Fsp3) is 0.0769. The number of benzene rings is 1. The van der Waals surface area contributed by atoms with Gasteiger partial charge in [-0.3, -0.25) is 4.79 Å². The Labute approximate surface area is 97.3 Å². The van der Waals surface area contributed by atoms with Crippen LogP contribution in [0.3, 0.4) is 0 Å². The van der Waals surface area contributed by atoms with Gasteiger partial charge in [0, 0.05) is 17.3 Å². The zero-order valence-electron chi connectivity index (χ0n) is 8.46. The molecule has 0 aliphatic carbocycles. The van der Waals surface area contributed by atoms with E-state index in [1.807, 2.05) is 41.8 Å². The summed E-state index contributed by atoms with van der Waals surface area (Å²) in [5, 5.41) is 2.95. The Morgan fingerprint density at radius 2 is 2.00 bits per heavy atom. The highest BCUT2D eigenvalue weighted by atomic mass is 32.1. The normalized spacial score (nSPS) is 17.4. The largest absolute Gasteiger partial charge is 0.293 e. The molecule has 1 aromatic heterocycles. The second-order valence-corrected chi connectivity index (χ2v) is 4.56. The molecule has 1 aromatic carbocycles. The zero-order valence-corrected chi connectivity index (χ0v) is 9.28. The molecule has 0 bridgehead atoms. The first-order valence-electron chi connectivity index (χ1n) is 5.07. The van der Waals surface area contributed by atoms with Gasteiger partial charge in [0.1, 0.15) is 5.00 Å². The van der Waals surface area contributed by atoms with Crippen LogP contribution in [0, 0.1) is 0 Å². The van der Waals surface area contributed by atoms with Gasteiger partial charge in [-0.15, -0.1) is 11.3 Å². The molecule has 2 heterocycles. The molecule has 3 rings (SSSR count). The summed E-state index contributed by atoms with van der Waals surface area (Å²) in [4.78, 5) is 16.5. The molecule has 2 aromatic rings. The molecule has 0 fully saturated rings. The number of hydrogen-bond donors (Lipinski definition) is 0. The third-order valence-corrected chi connectivity index (χ3v) is 3.53. The van der Waals surface area contributed by atoms with Crippen LogP contribution in [-0.4, -0.2) is 12.0 Å². The van der Waals surface area contributed by atoms with Gasteiger partial charge in [0.05, 0.1) is 5.92 Å². The Balaban J connectivity index is 1.97. The van der Waals surface area contributed by atoms with Gasteiger partial charge >= 0.3 is 0 Å². The maximum absolute atomic E-state index is 12.2. The Bertz CT molecular complexity index is 556. The molecule has 0 saturated heterocycles. The van der Waals surface area contributed by atoms with E-state index in [0.717, 1.165) is 16.1 Å². The lowest BCUT2D eigenvalue weighted by Crippen LogP contribution is -2.11. The van der Waals surface area contributed by atoms with Crippen molar-refractivity contribution in [1.29, 1.82) is 0 Å². The van der Waals surface area contributed by atoms with E-state index >= 15 is 0 Å². The summed E-state index contributed by atoms with van der Waals surface area (Å²) in [6, 6.07) is 11.4. The van der Waals surface area contributed by atoms with E-state index in [2.05, 4.69) is 4.99 Å². The first-order valence-corrected chi connectivity index (χ1v) is 5.95. The van der Waals surface area contributed by atoms with Crippen molar-refractivity contribution in [2.45, 2.75) is 5.92 Å². The number of carbonyl (C=O) groups is 1. The number of Topliss-reactive ketones (excluding diaryl/α,β-unsaturated/α-hetero) is 1. The van der Waals surface area contributed by atoms with Crippen molar-refractivity contribution >= 4 is 28.3 Å². The molecule has 1 unspecified atom stereocenters. The van der Waals surface area contributed by atoms with E-state index in [-0.39, 0.29) is 11.7 Å². The van der Waals surface area contributed by atoms with Crippen LogP contribution in [0.1, 0.15) is 21.8 Å². The van der Waals surface area contributed by atoms with Gasteiger partial charge in [0.25, 0.3) is 0 Å². The molecule has 0 saturated carbocycles. The van der Waals surface area contributed by atoms with Crippen molar-refractivity contribution in [3.05, 3.63) is 52.9 Å². The van der Waals surface area contributed by atoms with Crippen LogP contribution in [0.25, 0.3) is 0 Å². The van der Waals surface area contributed by atoms with Gasteiger partial charge in [-0.25, -0.2) is 4.99 Å². The van der Waals surface area contributed by atoms with Gasteiger partial charge in [-0.1, -0.05) is 30.3 Å². The summed E-state index contributed by atoms with van der Waals surface area (Å²) in [7, 11) is 0. The molecule has 0 N–H and O–H groups in total.